The molecule has 0 radical (unpaired) electrons. The predicted molar refractivity (Wildman–Crippen MR) is 382 cm³/mol. The van der Waals surface area contributed by atoms with E-state index in [1.807, 2.05) is 0 Å². The van der Waals surface area contributed by atoms with E-state index >= 15 is 0 Å². The summed E-state index contributed by atoms with van der Waals surface area (Å²) in [5.74, 6) is 0. The molecule has 0 N–H and O–H groups in total. The van der Waals surface area contributed by atoms with Gasteiger partial charge in [-0.1, -0.05) is 340 Å². The minimum absolute atomic E-state index is 1.19. The maximum Gasteiger partial charge on any atom is -0.000718 e. The molecule has 0 unspecified atom stereocenters. The molecule has 0 bridgehead atoms. The molecule has 0 spiro atoms. The molecule has 16 aromatic rings. The average Bonchev–Trinajstić information content (AvgIpc) is 1.52. The predicted octanol–water partition coefficient (Wildman–Crippen LogP) is 25.1. The molecule has 0 heterocycles. The highest BCUT2D eigenvalue weighted by molar-refractivity contribution is 6.30. The zero-order valence-electron chi connectivity index (χ0n) is 49.3. The molecule has 18 rings (SSSR count). The first-order valence-electron chi connectivity index (χ1n) is 31.3. The van der Waals surface area contributed by atoms with E-state index in [1.54, 1.807) is 0 Å². The number of fused-ring (bicyclic) bond motifs is 7. The van der Waals surface area contributed by atoms with Crippen LogP contribution in [0.15, 0.2) is 340 Å². The van der Waals surface area contributed by atoms with Gasteiger partial charge >= 0.3 is 0 Å². The lowest BCUT2D eigenvalue weighted by Gasteiger charge is -2.26. The third-order valence-corrected chi connectivity index (χ3v) is 19.2. The van der Waals surface area contributed by atoms with Crippen molar-refractivity contribution in [1.29, 1.82) is 0 Å². The topological polar surface area (TPSA) is 0 Å². The molecule has 0 atom stereocenters. The van der Waals surface area contributed by atoms with Crippen molar-refractivity contribution in [3.63, 3.8) is 0 Å². The molecule has 0 aromatic heterocycles. The Morgan fingerprint density at radius 3 is 0.500 bits per heavy atom. The Bertz CT molecular complexity index is 4920. The van der Waals surface area contributed by atoms with Crippen molar-refractivity contribution in [2.24, 2.45) is 0 Å². The second kappa shape index (κ2) is 21.0. The smallest absolute Gasteiger partial charge is 0.000718 e. The summed E-state index contributed by atoms with van der Waals surface area (Å²) in [6, 6.07) is 127. The van der Waals surface area contributed by atoms with Gasteiger partial charge in [0.2, 0.25) is 0 Å². The molecule has 2 aliphatic rings. The largest absolute Gasteiger partial charge is 0.0622 e. The van der Waals surface area contributed by atoms with E-state index in [-0.39, 0.29) is 0 Å². The quantitative estimate of drug-likeness (QED) is 0.128. The van der Waals surface area contributed by atoms with Crippen molar-refractivity contribution in [3.8, 4) is 156 Å². The van der Waals surface area contributed by atoms with Gasteiger partial charge in [-0.3, -0.25) is 0 Å². The number of hydrogen-bond donors (Lipinski definition) is 0. The lowest BCUT2D eigenvalue weighted by Crippen LogP contribution is -1.99. The number of rotatable bonds is 10. The van der Waals surface area contributed by atoms with Gasteiger partial charge in [0.25, 0.3) is 0 Å². The van der Waals surface area contributed by atoms with Crippen molar-refractivity contribution in [2.45, 2.75) is 0 Å². The Morgan fingerprint density at radius 2 is 0.267 bits per heavy atom. The van der Waals surface area contributed by atoms with Crippen LogP contribution in [0.4, 0.5) is 0 Å². The Morgan fingerprint density at radius 1 is 0.100 bits per heavy atom. The minimum atomic E-state index is 1.19. The highest BCUT2D eigenvalue weighted by Crippen LogP contribution is 2.64. The summed E-state index contributed by atoms with van der Waals surface area (Å²) in [7, 11) is 0. The normalized spacial score (nSPS) is 11.8. The van der Waals surface area contributed by atoms with Crippen LogP contribution < -0.4 is 0 Å². The van der Waals surface area contributed by atoms with Gasteiger partial charge in [0.15, 0.2) is 0 Å². The Hall–Kier alpha value is -11.7. The molecular formula is C90H56. The van der Waals surface area contributed by atoms with Crippen LogP contribution in [-0.4, -0.2) is 0 Å². The molecule has 90 heavy (non-hydrogen) atoms. The molecule has 0 saturated heterocycles. The van der Waals surface area contributed by atoms with Gasteiger partial charge in [0, 0.05) is 0 Å². The van der Waals surface area contributed by atoms with Crippen LogP contribution in [0, 0.1) is 0 Å². The standard InChI is InChI=1S/C90H56/c1-9-29-57(30-10-1)77-79(59-33-13-3-14-34-59)83(63-41-21-7-22-42-63)89-75-55-53-69(71-47-27-49-73(85(71)75)87(89)81(77)61-37-17-5-18-38-61)67-51-52-68(66-46-26-25-45-65(66)67)70-54-56-76-86-72(70)48-28-50-74(86)88-82(62-39-19-6-20-40-62)78(58-31-11-2-12-32-58)80(60-35-15-4-16-36-60)84(90(76)88)64-43-23-8-24-44-64/h1-56H. The van der Waals surface area contributed by atoms with Gasteiger partial charge in [-0.2, -0.15) is 0 Å². The van der Waals surface area contributed by atoms with Crippen LogP contribution in [0.25, 0.3) is 188 Å². The van der Waals surface area contributed by atoms with Crippen molar-refractivity contribution in [2.75, 3.05) is 0 Å². The number of hydrogen-bond acceptors (Lipinski definition) is 0. The highest BCUT2D eigenvalue weighted by atomic mass is 14.4. The van der Waals surface area contributed by atoms with E-state index in [2.05, 4.69) is 340 Å². The maximum absolute atomic E-state index is 2.44. The van der Waals surface area contributed by atoms with Gasteiger partial charge in [-0.15, -0.1) is 0 Å². The minimum Gasteiger partial charge on any atom is -0.0622 e. The zero-order chi connectivity index (χ0) is 59.2. The van der Waals surface area contributed by atoms with E-state index < -0.39 is 0 Å². The van der Waals surface area contributed by atoms with E-state index in [0.29, 0.717) is 0 Å². The molecule has 416 valence electrons. The third kappa shape index (κ3) is 7.88. The fourth-order valence-electron chi connectivity index (χ4n) is 15.6. The van der Waals surface area contributed by atoms with Gasteiger partial charge in [-0.05, 0) is 188 Å². The first-order chi connectivity index (χ1) is 44.8. The second-order valence-corrected chi connectivity index (χ2v) is 23.9. The SMILES string of the molecule is c1ccc(-c2c(-c3ccccc3)c(-c3ccccc3)c3c(c2-c2ccccc2)-c2cccc4c(-c5ccc(-c6ccc7c8c(cccc68)-c6c(-c8ccccc8)c(-c8ccccc8)c(-c8ccccc8)c(-c8ccccc8)c6-7)c6ccccc56)ccc-3c24)cc1. The molecule has 16 aromatic carbocycles. The van der Waals surface area contributed by atoms with E-state index in [9.17, 15) is 0 Å². The van der Waals surface area contributed by atoms with Crippen molar-refractivity contribution >= 4 is 32.3 Å². The molecule has 0 heteroatoms. The monoisotopic (exact) mass is 1140 g/mol. The summed E-state index contributed by atoms with van der Waals surface area (Å²) >= 11 is 0. The molecule has 0 nitrogen and oxygen atoms in total. The molecule has 0 saturated carbocycles. The van der Waals surface area contributed by atoms with Crippen molar-refractivity contribution in [1.82, 2.24) is 0 Å². The van der Waals surface area contributed by atoms with Crippen molar-refractivity contribution < 1.29 is 0 Å². The summed E-state index contributed by atoms with van der Waals surface area (Å²) in [6.45, 7) is 0. The van der Waals surface area contributed by atoms with Crippen LogP contribution in [-0.2, 0) is 0 Å². The molecule has 0 aliphatic heterocycles. The first-order valence-corrected chi connectivity index (χ1v) is 31.3. The second-order valence-electron chi connectivity index (χ2n) is 23.9. The zero-order valence-corrected chi connectivity index (χ0v) is 49.3. The van der Waals surface area contributed by atoms with Crippen LogP contribution in [0.1, 0.15) is 0 Å². The Kier molecular flexibility index (Phi) is 12.0. The third-order valence-electron chi connectivity index (χ3n) is 19.2. The summed E-state index contributed by atoms with van der Waals surface area (Å²) in [5, 5.41) is 7.52. The summed E-state index contributed by atoms with van der Waals surface area (Å²) in [4.78, 5) is 0. The maximum atomic E-state index is 2.44. The molecule has 0 amide bonds. The Balaban J connectivity index is 0.873. The average molecular weight is 1140 g/mol. The molecular weight excluding hydrogens is 1080 g/mol. The van der Waals surface area contributed by atoms with Gasteiger partial charge in [0.1, 0.15) is 0 Å². The first kappa shape index (κ1) is 51.5. The van der Waals surface area contributed by atoms with E-state index in [4.69, 9.17) is 0 Å². The van der Waals surface area contributed by atoms with Gasteiger partial charge < -0.3 is 0 Å². The molecule has 0 fully saturated rings. The van der Waals surface area contributed by atoms with Crippen LogP contribution in [0.3, 0.4) is 0 Å². The Labute approximate surface area is 524 Å². The van der Waals surface area contributed by atoms with Gasteiger partial charge in [0.05, 0.1) is 0 Å². The summed E-state index contributed by atoms with van der Waals surface area (Å²) < 4.78 is 0. The number of benzene rings is 16. The highest BCUT2D eigenvalue weighted by Gasteiger charge is 2.37. The van der Waals surface area contributed by atoms with Crippen LogP contribution >= 0.6 is 0 Å². The lowest BCUT2D eigenvalue weighted by atomic mass is 9.76. The molecule has 2 aliphatic carbocycles. The summed E-state index contributed by atoms with van der Waals surface area (Å²) in [6.07, 6.45) is 0. The van der Waals surface area contributed by atoms with Crippen LogP contribution in [0.5, 0.6) is 0 Å². The summed E-state index contributed by atoms with van der Waals surface area (Å²) in [5.41, 5.74) is 34.6. The fourth-order valence-corrected chi connectivity index (χ4v) is 15.6. The van der Waals surface area contributed by atoms with Crippen LogP contribution in [0.2, 0.25) is 0 Å². The van der Waals surface area contributed by atoms with Crippen molar-refractivity contribution in [3.05, 3.63) is 340 Å². The van der Waals surface area contributed by atoms with E-state index in [1.165, 1.54) is 188 Å². The lowest BCUT2D eigenvalue weighted by molar-refractivity contribution is 1.54. The van der Waals surface area contributed by atoms with E-state index in [0.717, 1.165) is 0 Å². The van der Waals surface area contributed by atoms with Gasteiger partial charge in [-0.25, -0.2) is 0 Å². The fraction of sp³-hybridized carbons (Fsp3) is 0.